The molecular weight excluding hydrogens is 302 g/mol. The number of benzene rings is 1. The van der Waals surface area contributed by atoms with Gasteiger partial charge >= 0.3 is 5.69 Å². The van der Waals surface area contributed by atoms with E-state index < -0.39 is 6.10 Å². The number of hydrogen-bond donors (Lipinski definition) is 3. The highest BCUT2D eigenvalue weighted by molar-refractivity contribution is 9.10. The van der Waals surface area contributed by atoms with E-state index in [1.807, 2.05) is 0 Å². The Balaban J connectivity index is 2.36. The van der Waals surface area contributed by atoms with Gasteiger partial charge in [-0.2, -0.15) is 0 Å². The normalized spacial score (nSPS) is 12.6. The second kappa shape index (κ2) is 4.95. The van der Waals surface area contributed by atoms with Crippen LogP contribution in [0, 0.1) is 0 Å². The number of methoxy groups -OCH3 is 1. The van der Waals surface area contributed by atoms with Crippen LogP contribution in [0.4, 0.5) is 5.69 Å². The number of amides is 1. The number of halogens is 1. The van der Waals surface area contributed by atoms with E-state index in [1.54, 1.807) is 19.1 Å². The summed E-state index contributed by atoms with van der Waals surface area (Å²) in [6.07, 6.45) is -0.544. The summed E-state index contributed by atoms with van der Waals surface area (Å²) >= 11 is 3.33. The van der Waals surface area contributed by atoms with Gasteiger partial charge < -0.3 is 20.0 Å². The summed E-state index contributed by atoms with van der Waals surface area (Å²) in [5, 5.41) is 2.72. The average molecular weight is 314 g/mol. The van der Waals surface area contributed by atoms with Crippen molar-refractivity contribution in [3.63, 3.8) is 0 Å². The van der Waals surface area contributed by atoms with Crippen LogP contribution in [-0.4, -0.2) is 29.1 Å². The molecule has 2 aromatic rings. The number of fused-ring (bicyclic) bond motifs is 1. The number of aromatic nitrogens is 2. The highest BCUT2D eigenvalue weighted by Gasteiger charge is 2.14. The van der Waals surface area contributed by atoms with Crippen LogP contribution in [0.3, 0.4) is 0 Å². The molecule has 1 aromatic carbocycles. The first-order valence-electron chi connectivity index (χ1n) is 5.26. The summed E-state index contributed by atoms with van der Waals surface area (Å²) in [5.74, 6) is -0.254. The highest BCUT2D eigenvalue weighted by atomic mass is 79.9. The molecule has 2 rings (SSSR count). The molecule has 0 aliphatic rings. The second-order valence-corrected chi connectivity index (χ2v) is 4.68. The van der Waals surface area contributed by atoms with Gasteiger partial charge in [-0.1, -0.05) is 0 Å². The zero-order chi connectivity index (χ0) is 13.3. The molecule has 96 valence electrons. The van der Waals surface area contributed by atoms with Crippen molar-refractivity contribution in [2.24, 2.45) is 0 Å². The first-order valence-corrected chi connectivity index (χ1v) is 6.05. The number of H-pyrrole nitrogens is 2. The summed E-state index contributed by atoms with van der Waals surface area (Å²) in [6.45, 7) is 1.65. The summed E-state index contributed by atoms with van der Waals surface area (Å²) in [6, 6.07) is 3.40. The first kappa shape index (κ1) is 12.8. The Hall–Kier alpha value is -1.60. The topological polar surface area (TPSA) is 87.0 Å². The highest BCUT2D eigenvalue weighted by Crippen LogP contribution is 2.26. The number of imidazole rings is 1. The summed E-state index contributed by atoms with van der Waals surface area (Å²) < 4.78 is 5.61. The van der Waals surface area contributed by atoms with Gasteiger partial charge in [-0.05, 0) is 35.0 Å². The molecule has 1 heterocycles. The van der Waals surface area contributed by atoms with Crippen LogP contribution in [-0.2, 0) is 9.53 Å². The second-order valence-electron chi connectivity index (χ2n) is 3.82. The Labute approximate surface area is 111 Å². The van der Waals surface area contributed by atoms with Gasteiger partial charge in [-0.25, -0.2) is 4.79 Å². The van der Waals surface area contributed by atoms with Gasteiger partial charge in [0.05, 0.1) is 16.7 Å². The largest absolute Gasteiger partial charge is 0.372 e. The molecule has 1 aromatic heterocycles. The van der Waals surface area contributed by atoms with Gasteiger partial charge in [0.2, 0.25) is 0 Å². The van der Waals surface area contributed by atoms with Crippen LogP contribution < -0.4 is 11.0 Å². The number of ether oxygens (including phenoxy) is 1. The fourth-order valence-corrected chi connectivity index (χ4v) is 1.94. The van der Waals surface area contributed by atoms with E-state index in [2.05, 4.69) is 31.2 Å². The molecule has 0 aliphatic carbocycles. The Morgan fingerprint density at radius 2 is 2.00 bits per heavy atom. The zero-order valence-corrected chi connectivity index (χ0v) is 11.4. The lowest BCUT2D eigenvalue weighted by Crippen LogP contribution is -2.26. The Kier molecular flexibility index (Phi) is 3.53. The molecule has 3 N–H and O–H groups in total. The van der Waals surface area contributed by atoms with Crippen molar-refractivity contribution in [1.29, 1.82) is 0 Å². The van der Waals surface area contributed by atoms with E-state index in [0.29, 0.717) is 21.2 Å². The Bertz CT molecular complexity index is 647. The maximum absolute atomic E-state index is 11.7. The lowest BCUT2D eigenvalue weighted by Gasteiger charge is -2.11. The summed E-state index contributed by atoms with van der Waals surface area (Å²) in [5.41, 5.74) is 1.59. The quantitative estimate of drug-likeness (QED) is 0.804. The third-order valence-corrected chi connectivity index (χ3v) is 3.24. The minimum atomic E-state index is -0.544. The first-order chi connectivity index (χ1) is 8.51. The standard InChI is InChI=1S/C11H12BrN3O3/c1-5(18-2)10(16)13-7-4-9-8(3-6(7)12)14-11(17)15-9/h3-5H,1-2H3,(H,13,16)(H2,14,15,17). The van der Waals surface area contributed by atoms with Crippen LogP contribution in [0.15, 0.2) is 21.4 Å². The molecule has 0 saturated heterocycles. The summed E-state index contributed by atoms with van der Waals surface area (Å²) in [4.78, 5) is 28.1. The Morgan fingerprint density at radius 1 is 1.39 bits per heavy atom. The minimum Gasteiger partial charge on any atom is -0.372 e. The van der Waals surface area contributed by atoms with Crippen molar-refractivity contribution in [1.82, 2.24) is 9.97 Å². The number of rotatable bonds is 3. The molecule has 1 atom stereocenters. The van der Waals surface area contributed by atoms with Gasteiger partial charge in [0.25, 0.3) is 5.91 Å². The summed E-state index contributed by atoms with van der Waals surface area (Å²) in [7, 11) is 1.46. The maximum atomic E-state index is 11.7. The molecule has 0 bridgehead atoms. The SMILES string of the molecule is COC(C)C(=O)Nc1cc2[nH]c(=O)[nH]c2cc1Br. The van der Waals surface area contributed by atoms with E-state index in [9.17, 15) is 9.59 Å². The molecule has 1 unspecified atom stereocenters. The van der Waals surface area contributed by atoms with E-state index in [0.717, 1.165) is 0 Å². The number of nitrogens with one attached hydrogen (secondary N) is 3. The van der Waals surface area contributed by atoms with Gasteiger partial charge in [-0.15, -0.1) is 0 Å². The minimum absolute atomic E-state index is 0.254. The fraction of sp³-hybridized carbons (Fsp3) is 0.273. The van der Waals surface area contributed by atoms with Crippen molar-refractivity contribution in [2.45, 2.75) is 13.0 Å². The molecular formula is C11H12BrN3O3. The third kappa shape index (κ3) is 2.46. The van der Waals surface area contributed by atoms with Crippen molar-refractivity contribution < 1.29 is 9.53 Å². The van der Waals surface area contributed by atoms with E-state index in [1.165, 1.54) is 7.11 Å². The number of hydrogen-bond acceptors (Lipinski definition) is 3. The lowest BCUT2D eigenvalue weighted by molar-refractivity contribution is -0.124. The van der Waals surface area contributed by atoms with Gasteiger partial charge in [0, 0.05) is 11.6 Å². The molecule has 0 radical (unpaired) electrons. The van der Waals surface area contributed by atoms with Crippen molar-refractivity contribution >= 4 is 38.6 Å². The number of aromatic amines is 2. The molecule has 6 nitrogen and oxygen atoms in total. The van der Waals surface area contributed by atoms with Crippen LogP contribution in [0.25, 0.3) is 11.0 Å². The van der Waals surface area contributed by atoms with Gasteiger partial charge in [0.15, 0.2) is 0 Å². The Morgan fingerprint density at radius 3 is 2.61 bits per heavy atom. The van der Waals surface area contributed by atoms with Crippen molar-refractivity contribution in [3.8, 4) is 0 Å². The van der Waals surface area contributed by atoms with E-state index in [-0.39, 0.29) is 11.6 Å². The third-order valence-electron chi connectivity index (χ3n) is 2.58. The average Bonchev–Trinajstić information content (AvgIpc) is 2.67. The predicted octanol–water partition coefficient (Wildman–Crippen LogP) is 1.59. The van der Waals surface area contributed by atoms with Crippen LogP contribution in [0.5, 0.6) is 0 Å². The fourth-order valence-electron chi connectivity index (χ4n) is 1.49. The smallest absolute Gasteiger partial charge is 0.323 e. The van der Waals surface area contributed by atoms with Crippen LogP contribution in [0.1, 0.15) is 6.92 Å². The molecule has 0 spiro atoms. The van der Waals surface area contributed by atoms with Crippen molar-refractivity contribution in [2.75, 3.05) is 12.4 Å². The van der Waals surface area contributed by atoms with Crippen LogP contribution >= 0.6 is 15.9 Å². The maximum Gasteiger partial charge on any atom is 0.323 e. The molecule has 0 fully saturated rings. The zero-order valence-electron chi connectivity index (χ0n) is 9.83. The molecule has 18 heavy (non-hydrogen) atoms. The van der Waals surface area contributed by atoms with Gasteiger partial charge in [0.1, 0.15) is 6.10 Å². The predicted molar refractivity (Wildman–Crippen MR) is 71.7 cm³/mol. The molecule has 0 saturated carbocycles. The molecule has 0 aliphatic heterocycles. The van der Waals surface area contributed by atoms with Gasteiger partial charge in [-0.3, -0.25) is 4.79 Å². The number of anilines is 1. The van der Waals surface area contributed by atoms with Crippen molar-refractivity contribution in [3.05, 3.63) is 27.1 Å². The van der Waals surface area contributed by atoms with Crippen LogP contribution in [0.2, 0.25) is 0 Å². The number of carbonyl (C=O) groups is 1. The molecule has 7 heteroatoms. The molecule has 1 amide bonds. The van der Waals surface area contributed by atoms with E-state index >= 15 is 0 Å². The number of carbonyl (C=O) groups excluding carboxylic acids is 1. The monoisotopic (exact) mass is 313 g/mol. The lowest BCUT2D eigenvalue weighted by atomic mass is 10.2. The van der Waals surface area contributed by atoms with E-state index in [4.69, 9.17) is 4.74 Å².